The molecule has 0 heterocycles. The molecule has 0 saturated heterocycles. The Labute approximate surface area is 131 Å². The molecule has 2 aromatic rings. The van der Waals surface area contributed by atoms with Crippen molar-refractivity contribution < 1.29 is 9.53 Å². The van der Waals surface area contributed by atoms with Crippen LogP contribution in [0.2, 0.25) is 0 Å². The Morgan fingerprint density at radius 2 is 1.68 bits per heavy atom. The van der Waals surface area contributed by atoms with Crippen LogP contribution in [0.4, 0.5) is 5.69 Å². The average Bonchev–Trinajstić information content (AvgIpc) is 2.54. The zero-order valence-electron chi connectivity index (χ0n) is 12.8. The van der Waals surface area contributed by atoms with Crippen LogP contribution in [0.3, 0.4) is 0 Å². The minimum absolute atomic E-state index is 0.00363. The molecule has 2 rings (SSSR count). The Morgan fingerprint density at radius 1 is 1.05 bits per heavy atom. The van der Waals surface area contributed by atoms with Crippen LogP contribution in [-0.4, -0.2) is 12.5 Å². The molecular weight excluding hydrogens is 276 g/mol. The number of anilines is 1. The predicted molar refractivity (Wildman–Crippen MR) is 88.6 cm³/mol. The standard InChI is InChI=1S/C18H22N2O2/c1-2-11-22-17-9-5-15(6-10-17)13-20-18(21)12-14-3-7-16(19)8-4-14/h3-10H,2,11-13,19H2,1H3,(H,20,21). The molecule has 0 radical (unpaired) electrons. The number of rotatable bonds is 7. The fraction of sp³-hybridized carbons (Fsp3) is 0.278. The molecule has 0 aliphatic heterocycles. The van der Waals surface area contributed by atoms with Gasteiger partial charge in [0.05, 0.1) is 13.0 Å². The van der Waals surface area contributed by atoms with Gasteiger partial charge in [0.2, 0.25) is 5.91 Å². The Kier molecular flexibility index (Phi) is 5.83. The molecule has 0 aromatic heterocycles. The Morgan fingerprint density at radius 3 is 2.32 bits per heavy atom. The van der Waals surface area contributed by atoms with E-state index in [2.05, 4.69) is 12.2 Å². The first-order valence-corrected chi connectivity index (χ1v) is 7.50. The van der Waals surface area contributed by atoms with Gasteiger partial charge in [0.15, 0.2) is 0 Å². The number of nitrogens with two attached hydrogens (primary N) is 1. The largest absolute Gasteiger partial charge is 0.494 e. The van der Waals surface area contributed by atoms with Gasteiger partial charge in [0, 0.05) is 12.2 Å². The van der Waals surface area contributed by atoms with Gasteiger partial charge in [-0.15, -0.1) is 0 Å². The number of nitrogen functional groups attached to an aromatic ring is 1. The summed E-state index contributed by atoms with van der Waals surface area (Å²) in [7, 11) is 0. The van der Waals surface area contributed by atoms with Gasteiger partial charge >= 0.3 is 0 Å². The maximum Gasteiger partial charge on any atom is 0.224 e. The van der Waals surface area contributed by atoms with E-state index in [1.54, 1.807) is 12.1 Å². The van der Waals surface area contributed by atoms with Crippen molar-refractivity contribution in [2.24, 2.45) is 0 Å². The van der Waals surface area contributed by atoms with Crippen molar-refractivity contribution in [3.63, 3.8) is 0 Å². The second-order valence-corrected chi connectivity index (χ2v) is 5.19. The molecule has 0 bridgehead atoms. The van der Waals surface area contributed by atoms with Crippen molar-refractivity contribution in [2.75, 3.05) is 12.3 Å². The molecule has 116 valence electrons. The van der Waals surface area contributed by atoms with Crippen LogP contribution in [0.5, 0.6) is 5.75 Å². The number of nitrogens with one attached hydrogen (secondary N) is 1. The molecule has 0 unspecified atom stereocenters. The molecular formula is C18H22N2O2. The van der Waals surface area contributed by atoms with E-state index >= 15 is 0 Å². The summed E-state index contributed by atoms with van der Waals surface area (Å²) < 4.78 is 5.53. The summed E-state index contributed by atoms with van der Waals surface area (Å²) in [6.45, 7) is 3.31. The molecule has 22 heavy (non-hydrogen) atoms. The van der Waals surface area contributed by atoms with Gasteiger partial charge < -0.3 is 15.8 Å². The van der Waals surface area contributed by atoms with Crippen molar-refractivity contribution >= 4 is 11.6 Å². The predicted octanol–water partition coefficient (Wildman–Crippen LogP) is 2.92. The van der Waals surface area contributed by atoms with Crippen LogP contribution in [0, 0.1) is 0 Å². The summed E-state index contributed by atoms with van der Waals surface area (Å²) in [4.78, 5) is 11.9. The van der Waals surface area contributed by atoms with E-state index < -0.39 is 0 Å². The van der Waals surface area contributed by atoms with Crippen LogP contribution in [0.1, 0.15) is 24.5 Å². The molecule has 0 atom stereocenters. The van der Waals surface area contributed by atoms with Crippen molar-refractivity contribution in [3.05, 3.63) is 59.7 Å². The smallest absolute Gasteiger partial charge is 0.224 e. The highest BCUT2D eigenvalue weighted by atomic mass is 16.5. The van der Waals surface area contributed by atoms with E-state index in [0.717, 1.165) is 29.9 Å². The van der Waals surface area contributed by atoms with Gasteiger partial charge in [-0.25, -0.2) is 0 Å². The van der Waals surface area contributed by atoms with E-state index in [-0.39, 0.29) is 5.91 Å². The summed E-state index contributed by atoms with van der Waals surface area (Å²) in [5, 5.41) is 2.91. The normalized spacial score (nSPS) is 10.2. The summed E-state index contributed by atoms with van der Waals surface area (Å²) in [5.74, 6) is 0.856. The maximum atomic E-state index is 11.9. The molecule has 0 spiro atoms. The fourth-order valence-corrected chi connectivity index (χ4v) is 2.01. The highest BCUT2D eigenvalue weighted by molar-refractivity contribution is 5.78. The van der Waals surface area contributed by atoms with E-state index in [4.69, 9.17) is 10.5 Å². The van der Waals surface area contributed by atoms with E-state index in [0.29, 0.717) is 18.7 Å². The molecule has 4 nitrogen and oxygen atoms in total. The Hall–Kier alpha value is -2.49. The molecule has 3 N–H and O–H groups in total. The number of carbonyl (C=O) groups excluding carboxylic acids is 1. The first kappa shape index (κ1) is 15.9. The molecule has 0 fully saturated rings. The van der Waals surface area contributed by atoms with Gasteiger partial charge in [-0.2, -0.15) is 0 Å². The quantitative estimate of drug-likeness (QED) is 0.772. The number of carbonyl (C=O) groups is 1. The van der Waals surface area contributed by atoms with Crippen molar-refractivity contribution in [3.8, 4) is 5.75 Å². The lowest BCUT2D eigenvalue weighted by Crippen LogP contribution is -2.24. The molecule has 4 heteroatoms. The zero-order valence-corrected chi connectivity index (χ0v) is 12.8. The highest BCUT2D eigenvalue weighted by Gasteiger charge is 2.03. The molecule has 0 saturated carbocycles. The number of benzene rings is 2. The van der Waals surface area contributed by atoms with Crippen molar-refractivity contribution in [1.29, 1.82) is 0 Å². The zero-order chi connectivity index (χ0) is 15.8. The molecule has 0 aliphatic rings. The minimum atomic E-state index is -0.00363. The second kappa shape index (κ2) is 8.08. The van der Waals surface area contributed by atoms with Gasteiger partial charge in [0.1, 0.15) is 5.75 Å². The number of hydrogen-bond donors (Lipinski definition) is 2. The number of hydrogen-bond acceptors (Lipinski definition) is 3. The third kappa shape index (κ3) is 5.13. The van der Waals surface area contributed by atoms with Crippen LogP contribution in [0.25, 0.3) is 0 Å². The van der Waals surface area contributed by atoms with E-state index in [9.17, 15) is 4.79 Å². The first-order chi connectivity index (χ1) is 10.7. The van der Waals surface area contributed by atoms with Crippen LogP contribution >= 0.6 is 0 Å². The van der Waals surface area contributed by atoms with E-state index in [1.165, 1.54) is 0 Å². The van der Waals surface area contributed by atoms with Crippen LogP contribution in [-0.2, 0) is 17.8 Å². The minimum Gasteiger partial charge on any atom is -0.494 e. The lowest BCUT2D eigenvalue weighted by Gasteiger charge is -2.08. The molecule has 1 amide bonds. The Bertz CT molecular complexity index is 591. The van der Waals surface area contributed by atoms with Gasteiger partial charge in [0.25, 0.3) is 0 Å². The third-order valence-corrected chi connectivity index (χ3v) is 3.23. The summed E-state index contributed by atoms with van der Waals surface area (Å²) >= 11 is 0. The summed E-state index contributed by atoms with van der Waals surface area (Å²) in [6, 6.07) is 15.1. The topological polar surface area (TPSA) is 64.3 Å². The van der Waals surface area contributed by atoms with Crippen LogP contribution in [0.15, 0.2) is 48.5 Å². The average molecular weight is 298 g/mol. The first-order valence-electron chi connectivity index (χ1n) is 7.50. The summed E-state index contributed by atoms with van der Waals surface area (Å²) in [6.07, 6.45) is 1.35. The van der Waals surface area contributed by atoms with Gasteiger partial charge in [-0.3, -0.25) is 4.79 Å². The molecule has 0 aliphatic carbocycles. The SMILES string of the molecule is CCCOc1ccc(CNC(=O)Cc2ccc(N)cc2)cc1. The van der Waals surface area contributed by atoms with Crippen LogP contribution < -0.4 is 15.8 Å². The third-order valence-electron chi connectivity index (χ3n) is 3.23. The van der Waals surface area contributed by atoms with Gasteiger partial charge in [-0.1, -0.05) is 31.2 Å². The highest BCUT2D eigenvalue weighted by Crippen LogP contribution is 2.12. The fourth-order valence-electron chi connectivity index (χ4n) is 2.01. The number of amides is 1. The second-order valence-electron chi connectivity index (χ2n) is 5.19. The maximum absolute atomic E-state index is 11.9. The lowest BCUT2D eigenvalue weighted by molar-refractivity contribution is -0.120. The van der Waals surface area contributed by atoms with Crippen molar-refractivity contribution in [1.82, 2.24) is 5.32 Å². The lowest BCUT2D eigenvalue weighted by atomic mass is 10.1. The summed E-state index contributed by atoms with van der Waals surface area (Å²) in [5.41, 5.74) is 8.33. The number of ether oxygens (including phenoxy) is 1. The van der Waals surface area contributed by atoms with Crippen molar-refractivity contribution in [2.45, 2.75) is 26.3 Å². The van der Waals surface area contributed by atoms with Gasteiger partial charge in [-0.05, 0) is 41.8 Å². The molecule has 2 aromatic carbocycles. The Balaban J connectivity index is 1.79. The van der Waals surface area contributed by atoms with E-state index in [1.807, 2.05) is 36.4 Å². The monoisotopic (exact) mass is 298 g/mol.